The SMILES string of the molecule is CC(C)Cn1c(N)c(C(=O)CSc2ccc(S(=O)(=O)N3CCCCCC3)cn2)c(=O)[nH]c1=O. The molecule has 12 heteroatoms. The maximum Gasteiger partial charge on any atom is 0.329 e. The standard InChI is InChI=1S/C21H29N5O5S2/c1-14(2)12-26-19(22)18(20(28)24-21(26)29)16(27)13-32-17-8-7-15(11-23-17)33(30,31)25-9-5-3-4-6-10-25/h7-8,11,14H,3-6,9-10,12-13,22H2,1-2H3,(H,24,28,29). The first-order chi connectivity index (χ1) is 15.6. The number of carbonyl (C=O) groups is 1. The lowest BCUT2D eigenvalue weighted by atomic mass is 10.2. The quantitative estimate of drug-likeness (QED) is 0.415. The van der Waals surface area contributed by atoms with E-state index in [2.05, 4.69) is 9.97 Å². The lowest BCUT2D eigenvalue weighted by molar-refractivity contribution is 0.102. The van der Waals surface area contributed by atoms with Gasteiger partial charge in [0.05, 0.1) is 10.8 Å². The summed E-state index contributed by atoms with van der Waals surface area (Å²) >= 11 is 1.06. The minimum Gasteiger partial charge on any atom is -0.384 e. The van der Waals surface area contributed by atoms with Crippen LogP contribution in [-0.4, -0.2) is 51.9 Å². The molecule has 1 saturated heterocycles. The van der Waals surface area contributed by atoms with Gasteiger partial charge in [-0.3, -0.25) is 19.1 Å². The van der Waals surface area contributed by atoms with Crippen LogP contribution in [0.3, 0.4) is 0 Å². The molecule has 0 aliphatic carbocycles. The Hall–Kier alpha value is -2.44. The van der Waals surface area contributed by atoms with Gasteiger partial charge in [0, 0.05) is 25.8 Å². The third-order valence-electron chi connectivity index (χ3n) is 5.33. The smallest absolute Gasteiger partial charge is 0.329 e. The van der Waals surface area contributed by atoms with Gasteiger partial charge in [-0.1, -0.05) is 38.5 Å². The summed E-state index contributed by atoms with van der Waals surface area (Å²) in [6, 6.07) is 3.01. The number of nitrogens with two attached hydrogens (primary N) is 1. The number of aromatic amines is 1. The van der Waals surface area contributed by atoms with Crippen LogP contribution in [0.2, 0.25) is 0 Å². The predicted molar refractivity (Wildman–Crippen MR) is 127 cm³/mol. The van der Waals surface area contributed by atoms with Crippen molar-refractivity contribution in [3.63, 3.8) is 0 Å². The number of pyridine rings is 1. The van der Waals surface area contributed by atoms with Gasteiger partial charge < -0.3 is 5.73 Å². The fraction of sp³-hybridized carbons (Fsp3) is 0.524. The van der Waals surface area contributed by atoms with Gasteiger partial charge >= 0.3 is 5.69 Å². The van der Waals surface area contributed by atoms with Crippen molar-refractivity contribution in [2.75, 3.05) is 24.6 Å². The third kappa shape index (κ3) is 5.92. The summed E-state index contributed by atoms with van der Waals surface area (Å²) in [5.74, 6) is -0.756. The molecule has 0 spiro atoms. The van der Waals surface area contributed by atoms with Gasteiger partial charge in [-0.2, -0.15) is 4.31 Å². The summed E-state index contributed by atoms with van der Waals surface area (Å²) < 4.78 is 28.4. The summed E-state index contributed by atoms with van der Waals surface area (Å²) in [7, 11) is -3.61. The fourth-order valence-corrected chi connectivity index (χ4v) is 5.83. The second-order valence-electron chi connectivity index (χ2n) is 8.39. The van der Waals surface area contributed by atoms with Crippen molar-refractivity contribution in [3.8, 4) is 0 Å². The van der Waals surface area contributed by atoms with E-state index >= 15 is 0 Å². The molecular formula is C21H29N5O5S2. The molecule has 0 saturated carbocycles. The highest BCUT2D eigenvalue weighted by atomic mass is 32.2. The molecule has 0 radical (unpaired) electrons. The zero-order chi connectivity index (χ0) is 24.2. The number of ketones is 1. The van der Waals surface area contributed by atoms with Crippen LogP contribution in [0.5, 0.6) is 0 Å². The molecule has 1 aliphatic heterocycles. The normalized spacial score (nSPS) is 15.5. The Morgan fingerprint density at radius 3 is 2.42 bits per heavy atom. The minimum atomic E-state index is -3.61. The summed E-state index contributed by atoms with van der Waals surface area (Å²) in [5.41, 5.74) is 4.24. The molecule has 2 aromatic rings. The van der Waals surface area contributed by atoms with Crippen LogP contribution in [0.15, 0.2) is 37.8 Å². The van der Waals surface area contributed by atoms with Gasteiger partial charge in [-0.25, -0.2) is 18.2 Å². The number of sulfonamides is 1. The van der Waals surface area contributed by atoms with Crippen molar-refractivity contribution >= 4 is 33.4 Å². The second-order valence-corrected chi connectivity index (χ2v) is 11.3. The first kappa shape index (κ1) is 25.2. The summed E-state index contributed by atoms with van der Waals surface area (Å²) in [4.78, 5) is 43.4. The minimum absolute atomic E-state index is 0.0848. The van der Waals surface area contributed by atoms with Gasteiger partial charge in [-0.15, -0.1) is 0 Å². The summed E-state index contributed by atoms with van der Waals surface area (Å²) in [6.07, 6.45) is 5.02. The van der Waals surface area contributed by atoms with Crippen LogP contribution in [0.4, 0.5) is 5.82 Å². The van der Waals surface area contributed by atoms with E-state index in [0.29, 0.717) is 18.1 Å². The maximum atomic E-state index is 12.9. The number of Topliss-reactive ketones (excluding diaryl/α,β-unsaturated/α-hetero) is 1. The van der Waals surface area contributed by atoms with E-state index in [-0.39, 0.29) is 34.5 Å². The van der Waals surface area contributed by atoms with Crippen molar-refractivity contribution in [3.05, 3.63) is 44.7 Å². The zero-order valence-corrected chi connectivity index (χ0v) is 20.4. The predicted octanol–water partition coefficient (Wildman–Crippen LogP) is 1.71. The van der Waals surface area contributed by atoms with Gasteiger partial charge in [0.1, 0.15) is 16.3 Å². The van der Waals surface area contributed by atoms with E-state index in [1.165, 1.54) is 27.2 Å². The van der Waals surface area contributed by atoms with Gasteiger partial charge in [0.25, 0.3) is 5.56 Å². The van der Waals surface area contributed by atoms with E-state index in [1.54, 1.807) is 0 Å². The molecule has 1 aliphatic rings. The highest BCUT2D eigenvalue weighted by molar-refractivity contribution is 7.99. The number of nitrogens with zero attached hydrogens (tertiary/aromatic N) is 3. The molecule has 2 aromatic heterocycles. The van der Waals surface area contributed by atoms with E-state index in [0.717, 1.165) is 37.4 Å². The molecular weight excluding hydrogens is 466 g/mol. The van der Waals surface area contributed by atoms with Gasteiger partial charge in [-0.05, 0) is 30.9 Å². The fourth-order valence-electron chi connectivity index (χ4n) is 3.65. The number of thioether (sulfide) groups is 1. The average molecular weight is 496 g/mol. The number of H-pyrrole nitrogens is 1. The van der Waals surface area contributed by atoms with Crippen LogP contribution in [0.25, 0.3) is 0 Å². The van der Waals surface area contributed by atoms with Gasteiger partial charge in [0.15, 0.2) is 5.78 Å². The monoisotopic (exact) mass is 495 g/mol. The average Bonchev–Trinajstić information content (AvgIpc) is 3.05. The molecule has 0 bridgehead atoms. The topological polar surface area (TPSA) is 148 Å². The van der Waals surface area contributed by atoms with Crippen LogP contribution in [0.1, 0.15) is 49.9 Å². The molecule has 0 unspecified atom stereocenters. The van der Waals surface area contributed by atoms with Crippen molar-refractivity contribution in [2.24, 2.45) is 5.92 Å². The number of aromatic nitrogens is 3. The van der Waals surface area contributed by atoms with Crippen molar-refractivity contribution in [2.45, 2.75) is 56.0 Å². The largest absolute Gasteiger partial charge is 0.384 e. The lowest BCUT2D eigenvalue weighted by Crippen LogP contribution is -2.37. The molecule has 10 nitrogen and oxygen atoms in total. The van der Waals surface area contributed by atoms with E-state index < -0.39 is 27.1 Å². The number of hydrogen-bond acceptors (Lipinski definition) is 8. The van der Waals surface area contributed by atoms with Crippen LogP contribution >= 0.6 is 11.8 Å². The molecule has 3 heterocycles. The Labute approximate surface area is 196 Å². The first-order valence-electron chi connectivity index (χ1n) is 10.9. The summed E-state index contributed by atoms with van der Waals surface area (Å²) in [5, 5.41) is 0.434. The Balaban J connectivity index is 1.73. The Bertz CT molecular complexity index is 1210. The van der Waals surface area contributed by atoms with Crippen LogP contribution in [-0.2, 0) is 16.6 Å². The Morgan fingerprint density at radius 2 is 1.85 bits per heavy atom. The van der Waals surface area contributed by atoms with Crippen molar-refractivity contribution < 1.29 is 13.2 Å². The first-order valence-corrected chi connectivity index (χ1v) is 13.3. The number of nitrogen functional groups attached to an aromatic ring is 1. The molecule has 3 N–H and O–H groups in total. The molecule has 180 valence electrons. The van der Waals surface area contributed by atoms with Crippen molar-refractivity contribution in [1.82, 2.24) is 18.8 Å². The number of carbonyl (C=O) groups excluding carboxylic acids is 1. The Kier molecular flexibility index (Phi) is 8.14. The molecule has 3 rings (SSSR count). The summed E-state index contributed by atoms with van der Waals surface area (Å²) in [6.45, 7) is 5.04. The number of rotatable bonds is 8. The van der Waals surface area contributed by atoms with E-state index in [9.17, 15) is 22.8 Å². The second kappa shape index (κ2) is 10.7. The van der Waals surface area contributed by atoms with Crippen molar-refractivity contribution in [1.29, 1.82) is 0 Å². The highest BCUT2D eigenvalue weighted by Gasteiger charge is 2.25. The number of anilines is 1. The molecule has 0 atom stereocenters. The Morgan fingerprint density at radius 1 is 1.18 bits per heavy atom. The molecule has 0 aromatic carbocycles. The third-order valence-corrected chi connectivity index (χ3v) is 8.16. The van der Waals surface area contributed by atoms with Crippen LogP contribution < -0.4 is 17.0 Å². The van der Waals surface area contributed by atoms with Crippen LogP contribution in [0, 0.1) is 5.92 Å². The van der Waals surface area contributed by atoms with Gasteiger partial charge in [0.2, 0.25) is 10.0 Å². The molecule has 0 amide bonds. The lowest BCUT2D eigenvalue weighted by Gasteiger charge is -2.19. The van der Waals surface area contributed by atoms with E-state index in [4.69, 9.17) is 5.73 Å². The number of hydrogen-bond donors (Lipinski definition) is 2. The highest BCUT2D eigenvalue weighted by Crippen LogP contribution is 2.23. The zero-order valence-electron chi connectivity index (χ0n) is 18.7. The maximum absolute atomic E-state index is 12.9. The van der Waals surface area contributed by atoms with E-state index in [1.807, 2.05) is 13.8 Å². The number of nitrogens with one attached hydrogen (secondary N) is 1. The molecule has 1 fully saturated rings. The molecule has 33 heavy (non-hydrogen) atoms.